The van der Waals surface area contributed by atoms with E-state index in [1.165, 1.54) is 7.11 Å². The smallest absolute Gasteiger partial charge is 0.188 e. The molecule has 1 atom stereocenters. The third kappa shape index (κ3) is 2.51. The molecule has 0 amide bonds. The summed E-state index contributed by atoms with van der Waals surface area (Å²) in [4.78, 5) is 0. The van der Waals surface area contributed by atoms with Gasteiger partial charge in [0.25, 0.3) is 0 Å². The number of allylic oxidation sites excluding steroid dienone is 1. The molecule has 0 aliphatic heterocycles. The maximum Gasteiger partial charge on any atom is 0.188 e. The van der Waals surface area contributed by atoms with Crippen molar-refractivity contribution in [2.75, 3.05) is 12.4 Å². The zero-order chi connectivity index (χ0) is 11.4. The predicted molar refractivity (Wildman–Crippen MR) is 63.9 cm³/mol. The number of nitrogens with one attached hydrogen (secondary N) is 1. The van der Waals surface area contributed by atoms with Crippen LogP contribution in [0.25, 0.3) is 0 Å². The van der Waals surface area contributed by atoms with Crippen molar-refractivity contribution in [3.63, 3.8) is 0 Å². The standard InChI is InChI=1S/C13H15NO2/c1-16-13(15)9-7-12(8-10-13)14-11-5-3-2-4-6-11/h2-9,14-15H,10H2,1H3. The van der Waals surface area contributed by atoms with Gasteiger partial charge in [0.2, 0.25) is 0 Å². The monoisotopic (exact) mass is 217 g/mol. The van der Waals surface area contributed by atoms with Gasteiger partial charge in [-0.05, 0) is 24.3 Å². The van der Waals surface area contributed by atoms with Gasteiger partial charge in [0.1, 0.15) is 0 Å². The van der Waals surface area contributed by atoms with E-state index in [-0.39, 0.29) is 0 Å². The van der Waals surface area contributed by atoms with Gasteiger partial charge < -0.3 is 15.2 Å². The Morgan fingerprint density at radius 1 is 1.31 bits per heavy atom. The number of anilines is 1. The summed E-state index contributed by atoms with van der Waals surface area (Å²) in [6, 6.07) is 9.90. The molecule has 0 aromatic heterocycles. The van der Waals surface area contributed by atoms with E-state index in [2.05, 4.69) is 5.32 Å². The quantitative estimate of drug-likeness (QED) is 0.763. The highest BCUT2D eigenvalue weighted by molar-refractivity contribution is 5.51. The molecular formula is C13H15NO2. The Bertz CT molecular complexity index is 411. The number of aliphatic hydroxyl groups is 1. The van der Waals surface area contributed by atoms with Gasteiger partial charge in [-0.25, -0.2) is 0 Å². The molecule has 0 heterocycles. The summed E-state index contributed by atoms with van der Waals surface area (Å²) in [5.41, 5.74) is 1.99. The fraction of sp³-hybridized carbons (Fsp3) is 0.231. The van der Waals surface area contributed by atoms with Crippen LogP contribution in [0.4, 0.5) is 5.69 Å². The minimum Gasteiger partial charge on any atom is -0.362 e. The first-order valence-corrected chi connectivity index (χ1v) is 5.21. The predicted octanol–water partition coefficient (Wildman–Crippen LogP) is 2.28. The van der Waals surface area contributed by atoms with E-state index in [1.54, 1.807) is 6.08 Å². The first kappa shape index (κ1) is 10.9. The number of hydrogen-bond donors (Lipinski definition) is 2. The second-order valence-electron chi connectivity index (χ2n) is 3.74. The Morgan fingerprint density at radius 2 is 2.06 bits per heavy atom. The Hall–Kier alpha value is -1.58. The summed E-state index contributed by atoms with van der Waals surface area (Å²) in [5, 5.41) is 13.0. The third-order valence-corrected chi connectivity index (χ3v) is 2.55. The molecule has 0 radical (unpaired) electrons. The molecule has 2 rings (SSSR count). The zero-order valence-corrected chi connectivity index (χ0v) is 9.18. The third-order valence-electron chi connectivity index (χ3n) is 2.55. The van der Waals surface area contributed by atoms with E-state index in [9.17, 15) is 5.11 Å². The summed E-state index contributed by atoms with van der Waals surface area (Å²) in [7, 11) is 1.49. The van der Waals surface area contributed by atoms with Crippen LogP contribution in [0.5, 0.6) is 0 Å². The van der Waals surface area contributed by atoms with Gasteiger partial charge in [-0.15, -0.1) is 0 Å². The summed E-state index contributed by atoms with van der Waals surface area (Å²) in [5.74, 6) is -1.15. The molecule has 1 aromatic carbocycles. The lowest BCUT2D eigenvalue weighted by atomic mass is 10.1. The molecular weight excluding hydrogens is 202 g/mol. The van der Waals surface area contributed by atoms with E-state index in [1.807, 2.05) is 42.5 Å². The summed E-state index contributed by atoms with van der Waals surface area (Å²) < 4.78 is 4.97. The van der Waals surface area contributed by atoms with E-state index in [4.69, 9.17) is 4.74 Å². The van der Waals surface area contributed by atoms with Crippen molar-refractivity contribution in [1.29, 1.82) is 0 Å². The minimum atomic E-state index is -1.15. The largest absolute Gasteiger partial charge is 0.362 e. The summed E-state index contributed by atoms with van der Waals surface area (Å²) in [6.45, 7) is 0. The topological polar surface area (TPSA) is 41.5 Å². The molecule has 0 bridgehead atoms. The highest BCUT2D eigenvalue weighted by Crippen LogP contribution is 2.22. The van der Waals surface area contributed by atoms with Gasteiger partial charge in [0.15, 0.2) is 5.79 Å². The van der Waals surface area contributed by atoms with Crippen LogP contribution in [0.3, 0.4) is 0 Å². The molecule has 1 aromatic rings. The van der Waals surface area contributed by atoms with Crippen molar-refractivity contribution in [3.05, 3.63) is 54.3 Å². The van der Waals surface area contributed by atoms with E-state index in [0.29, 0.717) is 6.42 Å². The van der Waals surface area contributed by atoms with Crippen LogP contribution in [0, 0.1) is 0 Å². The Balaban J connectivity index is 2.02. The van der Waals surface area contributed by atoms with Crippen LogP contribution in [0.2, 0.25) is 0 Å². The molecule has 1 unspecified atom stereocenters. The summed E-state index contributed by atoms with van der Waals surface area (Å²) in [6.07, 6.45) is 5.84. The fourth-order valence-electron chi connectivity index (χ4n) is 1.54. The lowest BCUT2D eigenvalue weighted by molar-refractivity contribution is -0.143. The average molecular weight is 217 g/mol. The van der Waals surface area contributed by atoms with Crippen molar-refractivity contribution in [2.45, 2.75) is 12.2 Å². The van der Waals surface area contributed by atoms with Crippen molar-refractivity contribution in [3.8, 4) is 0 Å². The molecule has 3 heteroatoms. The van der Waals surface area contributed by atoms with Crippen molar-refractivity contribution >= 4 is 5.69 Å². The number of methoxy groups -OCH3 is 1. The first-order valence-electron chi connectivity index (χ1n) is 5.21. The Kier molecular flexibility index (Phi) is 3.08. The molecule has 0 spiro atoms. The normalized spacial score (nSPS) is 24.0. The van der Waals surface area contributed by atoms with Gasteiger partial charge in [-0.2, -0.15) is 0 Å². The molecule has 84 valence electrons. The van der Waals surface area contributed by atoms with Gasteiger partial charge in [-0.1, -0.05) is 24.3 Å². The lowest BCUT2D eigenvalue weighted by Crippen LogP contribution is -2.29. The fourth-order valence-corrected chi connectivity index (χ4v) is 1.54. The number of benzene rings is 1. The van der Waals surface area contributed by atoms with E-state index < -0.39 is 5.79 Å². The van der Waals surface area contributed by atoms with Crippen molar-refractivity contribution < 1.29 is 9.84 Å². The SMILES string of the molecule is COC1(O)C=CC(Nc2ccccc2)=CC1. The van der Waals surface area contributed by atoms with Crippen LogP contribution in [0.1, 0.15) is 6.42 Å². The van der Waals surface area contributed by atoms with Gasteiger partial charge in [0, 0.05) is 24.9 Å². The van der Waals surface area contributed by atoms with Crippen LogP contribution < -0.4 is 5.32 Å². The average Bonchev–Trinajstić information content (AvgIpc) is 2.34. The molecule has 3 nitrogen and oxygen atoms in total. The van der Waals surface area contributed by atoms with Gasteiger partial charge in [0.05, 0.1) is 0 Å². The number of rotatable bonds is 3. The zero-order valence-electron chi connectivity index (χ0n) is 9.18. The second kappa shape index (κ2) is 4.51. The van der Waals surface area contributed by atoms with E-state index >= 15 is 0 Å². The van der Waals surface area contributed by atoms with Crippen LogP contribution >= 0.6 is 0 Å². The van der Waals surface area contributed by atoms with Crippen molar-refractivity contribution in [2.24, 2.45) is 0 Å². The van der Waals surface area contributed by atoms with Gasteiger partial charge in [-0.3, -0.25) is 0 Å². The molecule has 1 aliphatic rings. The maximum absolute atomic E-state index is 9.78. The second-order valence-corrected chi connectivity index (χ2v) is 3.74. The molecule has 0 saturated heterocycles. The molecule has 0 fully saturated rings. The highest BCUT2D eigenvalue weighted by Gasteiger charge is 2.23. The van der Waals surface area contributed by atoms with Gasteiger partial charge >= 0.3 is 0 Å². The molecule has 2 N–H and O–H groups in total. The van der Waals surface area contributed by atoms with E-state index in [0.717, 1.165) is 11.4 Å². The molecule has 0 saturated carbocycles. The lowest BCUT2D eigenvalue weighted by Gasteiger charge is -2.24. The summed E-state index contributed by atoms with van der Waals surface area (Å²) >= 11 is 0. The Labute approximate surface area is 95.1 Å². The van der Waals surface area contributed by atoms with Crippen molar-refractivity contribution in [1.82, 2.24) is 0 Å². The van der Waals surface area contributed by atoms with Crippen LogP contribution in [-0.4, -0.2) is 18.0 Å². The number of para-hydroxylation sites is 1. The van der Waals surface area contributed by atoms with Crippen LogP contribution in [-0.2, 0) is 4.74 Å². The van der Waals surface area contributed by atoms with Crippen LogP contribution in [0.15, 0.2) is 54.3 Å². The number of ether oxygens (including phenoxy) is 1. The minimum absolute atomic E-state index is 0.454. The maximum atomic E-state index is 9.78. The first-order chi connectivity index (χ1) is 7.72. The highest BCUT2D eigenvalue weighted by atomic mass is 16.6. The molecule has 1 aliphatic carbocycles. The Morgan fingerprint density at radius 3 is 2.62 bits per heavy atom. The molecule has 16 heavy (non-hydrogen) atoms. The number of hydrogen-bond acceptors (Lipinski definition) is 3.